The Hall–Kier alpha value is -2.67. The number of hydrogen-bond acceptors (Lipinski definition) is 5. The summed E-state index contributed by atoms with van der Waals surface area (Å²) < 4.78 is 0. The van der Waals surface area contributed by atoms with Gasteiger partial charge in [-0.1, -0.05) is 17.7 Å². The second-order valence-corrected chi connectivity index (χ2v) is 5.66. The van der Waals surface area contributed by atoms with Crippen molar-refractivity contribution < 1.29 is 9.72 Å². The Bertz CT molecular complexity index is 780. The number of anilines is 2. The molecule has 0 aliphatic carbocycles. The van der Waals surface area contributed by atoms with Gasteiger partial charge < -0.3 is 10.6 Å². The summed E-state index contributed by atoms with van der Waals surface area (Å²) in [5, 5.41) is 17.1. The molecule has 2 aromatic rings. The number of halogens is 1. The summed E-state index contributed by atoms with van der Waals surface area (Å²) in [4.78, 5) is 26.2. The smallest absolute Gasteiger partial charge is 0.290 e. The summed E-state index contributed by atoms with van der Waals surface area (Å²) in [6.07, 6.45) is 1.43. The number of benzene rings is 1. The highest BCUT2D eigenvalue weighted by atomic mass is 35.5. The number of aromatic nitrogens is 1. The van der Waals surface area contributed by atoms with Gasteiger partial charge in [-0.15, -0.1) is 0 Å². The molecule has 2 N–H and O–H groups in total. The first-order chi connectivity index (χ1) is 11.4. The second kappa shape index (κ2) is 7.74. The average molecular weight is 349 g/mol. The third-order valence-electron chi connectivity index (χ3n) is 3.48. The van der Waals surface area contributed by atoms with Gasteiger partial charge >= 0.3 is 0 Å². The molecule has 1 aromatic heterocycles. The van der Waals surface area contributed by atoms with Gasteiger partial charge in [-0.25, -0.2) is 4.98 Å². The van der Waals surface area contributed by atoms with E-state index in [2.05, 4.69) is 15.6 Å². The highest BCUT2D eigenvalue weighted by molar-refractivity contribution is 6.31. The quantitative estimate of drug-likeness (QED) is 0.612. The largest absolute Gasteiger partial charge is 0.370 e. The van der Waals surface area contributed by atoms with Crippen LogP contribution in [-0.4, -0.2) is 22.4 Å². The predicted octanol–water partition coefficient (Wildman–Crippen LogP) is 3.70. The number of aryl methyl sites for hydroxylation is 1. The van der Waals surface area contributed by atoms with E-state index in [9.17, 15) is 14.9 Å². The summed E-state index contributed by atoms with van der Waals surface area (Å²) in [6, 6.07) is 6.90. The zero-order valence-electron chi connectivity index (χ0n) is 13.3. The number of nitrogens with zero attached hydrogens (tertiary/aromatic N) is 2. The van der Waals surface area contributed by atoms with Gasteiger partial charge in [-0.2, -0.15) is 0 Å². The van der Waals surface area contributed by atoms with Crippen LogP contribution in [0.5, 0.6) is 0 Å². The Morgan fingerprint density at radius 1 is 1.38 bits per heavy atom. The minimum absolute atomic E-state index is 0.0327. The molecule has 1 heterocycles. The molecular formula is C16H17ClN4O3. The van der Waals surface area contributed by atoms with Crippen molar-refractivity contribution >= 4 is 34.7 Å². The molecule has 0 aliphatic rings. The van der Waals surface area contributed by atoms with Crippen LogP contribution in [0.3, 0.4) is 0 Å². The van der Waals surface area contributed by atoms with Crippen molar-refractivity contribution in [2.24, 2.45) is 0 Å². The fraction of sp³-hybridized carbons (Fsp3) is 0.250. The van der Waals surface area contributed by atoms with Crippen molar-refractivity contribution in [3.63, 3.8) is 0 Å². The standard InChI is InChI=1S/C16H17ClN4O3/c1-10-8-15(19-9-14(10)21(23)24)18-7-6-16(22)20-13-5-3-4-12(17)11(13)2/h3-5,8-9H,6-7H2,1-2H3,(H,18,19)(H,20,22). The maximum absolute atomic E-state index is 12.0. The number of carbonyl (C=O) groups is 1. The topological polar surface area (TPSA) is 97.2 Å². The van der Waals surface area contributed by atoms with E-state index in [1.807, 2.05) is 6.92 Å². The maximum Gasteiger partial charge on any atom is 0.290 e. The van der Waals surface area contributed by atoms with E-state index in [0.29, 0.717) is 28.6 Å². The van der Waals surface area contributed by atoms with Gasteiger partial charge in [0.1, 0.15) is 12.0 Å². The number of hydrogen-bond donors (Lipinski definition) is 2. The van der Waals surface area contributed by atoms with E-state index in [0.717, 1.165) is 5.56 Å². The molecule has 1 amide bonds. The second-order valence-electron chi connectivity index (χ2n) is 5.25. The van der Waals surface area contributed by atoms with Gasteiger partial charge in [-0.3, -0.25) is 14.9 Å². The van der Waals surface area contributed by atoms with Gasteiger partial charge in [0, 0.05) is 29.2 Å². The van der Waals surface area contributed by atoms with Gasteiger partial charge in [0.25, 0.3) is 5.69 Å². The van der Waals surface area contributed by atoms with Crippen LogP contribution in [-0.2, 0) is 4.79 Å². The normalized spacial score (nSPS) is 10.3. The van der Waals surface area contributed by atoms with Crippen LogP contribution in [0, 0.1) is 24.0 Å². The Balaban J connectivity index is 1.88. The van der Waals surface area contributed by atoms with Crippen LogP contribution in [0.15, 0.2) is 30.5 Å². The van der Waals surface area contributed by atoms with E-state index >= 15 is 0 Å². The van der Waals surface area contributed by atoms with Crippen LogP contribution in [0.25, 0.3) is 0 Å². The summed E-state index contributed by atoms with van der Waals surface area (Å²) in [5.74, 6) is 0.330. The van der Waals surface area contributed by atoms with Crippen molar-refractivity contribution in [2.45, 2.75) is 20.3 Å². The van der Waals surface area contributed by atoms with Gasteiger partial charge in [0.15, 0.2) is 0 Å². The van der Waals surface area contributed by atoms with E-state index in [4.69, 9.17) is 11.6 Å². The molecule has 8 heteroatoms. The van der Waals surface area contributed by atoms with Gasteiger partial charge in [-0.05, 0) is 37.6 Å². The predicted molar refractivity (Wildman–Crippen MR) is 93.6 cm³/mol. The van der Waals surface area contributed by atoms with Crippen LogP contribution >= 0.6 is 11.6 Å². The Morgan fingerprint density at radius 3 is 2.79 bits per heavy atom. The Labute approximate surface area is 144 Å². The minimum atomic E-state index is -0.479. The molecule has 0 bridgehead atoms. The molecule has 0 radical (unpaired) electrons. The van der Waals surface area contributed by atoms with Crippen LogP contribution in [0.1, 0.15) is 17.5 Å². The number of nitro groups is 1. The molecule has 0 fully saturated rings. The summed E-state index contributed by atoms with van der Waals surface area (Å²) in [7, 11) is 0. The highest BCUT2D eigenvalue weighted by Gasteiger charge is 2.11. The summed E-state index contributed by atoms with van der Waals surface area (Å²) in [6.45, 7) is 3.83. The molecule has 0 atom stereocenters. The van der Waals surface area contributed by atoms with E-state index in [1.54, 1.807) is 31.2 Å². The van der Waals surface area contributed by atoms with Crippen molar-refractivity contribution in [3.8, 4) is 0 Å². The number of carbonyl (C=O) groups excluding carboxylic acids is 1. The molecule has 7 nitrogen and oxygen atoms in total. The summed E-state index contributed by atoms with van der Waals surface area (Å²) >= 11 is 6.01. The van der Waals surface area contributed by atoms with Crippen molar-refractivity contribution in [1.29, 1.82) is 0 Å². The zero-order chi connectivity index (χ0) is 17.7. The number of nitrogens with one attached hydrogen (secondary N) is 2. The van der Waals surface area contributed by atoms with Gasteiger partial charge in [0.05, 0.1) is 4.92 Å². The molecule has 0 aliphatic heterocycles. The SMILES string of the molecule is Cc1cc(NCCC(=O)Nc2cccc(Cl)c2C)ncc1[N+](=O)[O-]. The molecule has 0 saturated carbocycles. The molecular weight excluding hydrogens is 332 g/mol. The fourth-order valence-corrected chi connectivity index (χ4v) is 2.27. The number of pyridine rings is 1. The number of amides is 1. The first-order valence-corrected chi connectivity index (χ1v) is 7.66. The third kappa shape index (κ3) is 4.42. The third-order valence-corrected chi connectivity index (χ3v) is 3.89. The molecule has 0 unspecified atom stereocenters. The van der Waals surface area contributed by atoms with Crippen LogP contribution in [0.4, 0.5) is 17.2 Å². The minimum Gasteiger partial charge on any atom is -0.370 e. The molecule has 1 aromatic carbocycles. The zero-order valence-corrected chi connectivity index (χ0v) is 14.1. The molecule has 0 spiro atoms. The summed E-state index contributed by atoms with van der Waals surface area (Å²) in [5.41, 5.74) is 1.97. The molecule has 0 saturated heterocycles. The van der Waals surface area contributed by atoms with E-state index in [-0.39, 0.29) is 18.0 Å². The molecule has 24 heavy (non-hydrogen) atoms. The van der Waals surface area contributed by atoms with E-state index < -0.39 is 4.92 Å². The van der Waals surface area contributed by atoms with Crippen molar-refractivity contribution in [2.75, 3.05) is 17.2 Å². The van der Waals surface area contributed by atoms with Crippen molar-refractivity contribution in [3.05, 3.63) is 56.7 Å². The molecule has 126 valence electrons. The van der Waals surface area contributed by atoms with Crippen LogP contribution in [0.2, 0.25) is 5.02 Å². The van der Waals surface area contributed by atoms with E-state index in [1.165, 1.54) is 6.20 Å². The first kappa shape index (κ1) is 17.7. The average Bonchev–Trinajstić information content (AvgIpc) is 2.51. The first-order valence-electron chi connectivity index (χ1n) is 7.28. The lowest BCUT2D eigenvalue weighted by Gasteiger charge is -2.10. The monoisotopic (exact) mass is 348 g/mol. The van der Waals surface area contributed by atoms with Gasteiger partial charge in [0.2, 0.25) is 5.91 Å². The Kier molecular flexibility index (Phi) is 5.70. The lowest BCUT2D eigenvalue weighted by Crippen LogP contribution is -2.17. The molecule has 2 rings (SSSR count). The highest BCUT2D eigenvalue weighted by Crippen LogP contribution is 2.23. The lowest BCUT2D eigenvalue weighted by atomic mass is 10.2. The lowest BCUT2D eigenvalue weighted by molar-refractivity contribution is -0.385. The van der Waals surface area contributed by atoms with Crippen molar-refractivity contribution in [1.82, 2.24) is 4.98 Å². The number of rotatable bonds is 6. The fourth-order valence-electron chi connectivity index (χ4n) is 2.10. The van der Waals surface area contributed by atoms with Crippen LogP contribution < -0.4 is 10.6 Å². The Morgan fingerprint density at radius 2 is 2.12 bits per heavy atom. The maximum atomic E-state index is 12.0.